The van der Waals surface area contributed by atoms with E-state index in [9.17, 15) is 13.2 Å². The number of nitrogens with zero attached hydrogens (tertiary/aromatic N) is 1. The highest BCUT2D eigenvalue weighted by molar-refractivity contribution is 7.98. The maximum Gasteiger partial charge on any atom is 0.232 e. The van der Waals surface area contributed by atoms with Crippen molar-refractivity contribution >= 4 is 56.6 Å². The van der Waals surface area contributed by atoms with Crippen LogP contribution in [0.5, 0.6) is 5.75 Å². The number of methoxy groups -OCH3 is 1. The topological polar surface area (TPSA) is 75.7 Å². The highest BCUT2D eigenvalue weighted by Crippen LogP contribution is 2.28. The number of halogens is 2. The molecule has 0 heterocycles. The van der Waals surface area contributed by atoms with E-state index >= 15 is 0 Å². The van der Waals surface area contributed by atoms with Crippen molar-refractivity contribution in [2.24, 2.45) is 0 Å². The van der Waals surface area contributed by atoms with E-state index in [1.165, 1.54) is 4.31 Å². The van der Waals surface area contributed by atoms with Crippen LogP contribution >= 0.6 is 35.0 Å². The van der Waals surface area contributed by atoms with Crippen molar-refractivity contribution in [2.75, 3.05) is 36.5 Å². The highest BCUT2D eigenvalue weighted by atomic mass is 35.5. The first kappa shape index (κ1) is 25.6. The summed E-state index contributed by atoms with van der Waals surface area (Å²) in [7, 11) is -1.91. The number of anilines is 1. The van der Waals surface area contributed by atoms with Gasteiger partial charge in [0.25, 0.3) is 0 Å². The quantitative estimate of drug-likeness (QED) is 0.427. The Morgan fingerprint density at radius 1 is 1.13 bits per heavy atom. The Hall–Kier alpha value is -1.61. The average Bonchev–Trinajstić information content (AvgIpc) is 2.72. The number of carbonyl (C=O) groups is 1. The van der Waals surface area contributed by atoms with E-state index in [0.717, 1.165) is 11.8 Å². The van der Waals surface area contributed by atoms with E-state index in [1.807, 2.05) is 0 Å². The second kappa shape index (κ2) is 12.4. The second-order valence-electron chi connectivity index (χ2n) is 6.74. The highest BCUT2D eigenvalue weighted by Gasteiger charge is 2.17. The molecule has 0 aliphatic heterocycles. The molecule has 0 saturated carbocycles. The summed E-state index contributed by atoms with van der Waals surface area (Å²) in [5.41, 5.74) is 1.43. The van der Waals surface area contributed by atoms with E-state index in [4.69, 9.17) is 27.9 Å². The summed E-state index contributed by atoms with van der Waals surface area (Å²) in [6, 6.07) is 12.2. The second-order valence-corrected chi connectivity index (χ2v) is 10.6. The van der Waals surface area contributed by atoms with Crippen LogP contribution in [0.15, 0.2) is 42.5 Å². The van der Waals surface area contributed by atoms with Crippen LogP contribution in [0.25, 0.3) is 0 Å². The lowest BCUT2D eigenvalue weighted by atomic mass is 10.2. The van der Waals surface area contributed by atoms with Crippen LogP contribution in [0.2, 0.25) is 10.0 Å². The number of amides is 1. The number of hydrogen-bond acceptors (Lipinski definition) is 5. The van der Waals surface area contributed by atoms with Gasteiger partial charge in [-0.25, -0.2) is 8.42 Å². The van der Waals surface area contributed by atoms with E-state index < -0.39 is 10.0 Å². The molecule has 0 saturated heterocycles. The summed E-state index contributed by atoms with van der Waals surface area (Å²) >= 11 is 13.9. The Kier molecular flexibility index (Phi) is 10.3. The molecule has 1 N–H and O–H groups in total. The minimum atomic E-state index is -3.46. The van der Waals surface area contributed by atoms with Crippen LogP contribution < -0.4 is 14.4 Å². The third-order valence-electron chi connectivity index (χ3n) is 4.40. The van der Waals surface area contributed by atoms with Gasteiger partial charge in [0.05, 0.1) is 19.1 Å². The number of nitrogens with one attached hydrogen (secondary N) is 1. The van der Waals surface area contributed by atoms with Crippen LogP contribution in [-0.2, 0) is 20.6 Å². The Morgan fingerprint density at radius 2 is 1.77 bits per heavy atom. The molecule has 31 heavy (non-hydrogen) atoms. The fourth-order valence-corrected chi connectivity index (χ4v) is 5.37. The predicted octanol–water partition coefficient (Wildman–Crippen LogP) is 4.60. The van der Waals surface area contributed by atoms with E-state index in [1.54, 1.807) is 61.3 Å². The summed E-state index contributed by atoms with van der Waals surface area (Å²) < 4.78 is 30.7. The number of benzene rings is 2. The summed E-state index contributed by atoms with van der Waals surface area (Å²) in [4.78, 5) is 12.1. The Balaban J connectivity index is 1.73. The van der Waals surface area contributed by atoms with Crippen molar-refractivity contribution in [3.8, 4) is 5.75 Å². The Morgan fingerprint density at radius 3 is 2.35 bits per heavy atom. The van der Waals surface area contributed by atoms with E-state index in [2.05, 4.69) is 5.32 Å². The Labute approximate surface area is 198 Å². The van der Waals surface area contributed by atoms with E-state index in [-0.39, 0.29) is 18.9 Å². The van der Waals surface area contributed by atoms with Gasteiger partial charge in [0.1, 0.15) is 5.75 Å². The molecule has 10 heteroatoms. The molecule has 2 aromatic carbocycles. The fourth-order valence-electron chi connectivity index (χ4n) is 2.81. The molecule has 0 bridgehead atoms. The maximum atomic E-state index is 12.1. The Bertz CT molecular complexity index is 950. The van der Waals surface area contributed by atoms with Crippen LogP contribution in [0.3, 0.4) is 0 Å². The summed E-state index contributed by atoms with van der Waals surface area (Å²) in [6.07, 6.45) is 1.80. The smallest absolute Gasteiger partial charge is 0.232 e. The normalized spacial score (nSPS) is 11.2. The number of thioether (sulfide) groups is 1. The van der Waals surface area contributed by atoms with Crippen LogP contribution in [-0.4, -0.2) is 46.5 Å². The molecule has 0 radical (unpaired) electrons. The predicted molar refractivity (Wildman–Crippen MR) is 130 cm³/mol. The zero-order chi connectivity index (χ0) is 22.9. The van der Waals surface area contributed by atoms with Crippen molar-refractivity contribution in [1.29, 1.82) is 0 Å². The number of rotatable bonds is 12. The monoisotopic (exact) mass is 504 g/mol. The zero-order valence-corrected chi connectivity index (χ0v) is 20.6. The van der Waals surface area contributed by atoms with Crippen LogP contribution in [0.1, 0.15) is 18.4 Å². The largest absolute Gasteiger partial charge is 0.497 e. The van der Waals surface area contributed by atoms with Gasteiger partial charge < -0.3 is 10.1 Å². The number of hydrogen-bond donors (Lipinski definition) is 1. The molecule has 0 aliphatic carbocycles. The fraction of sp³-hybridized carbons (Fsp3) is 0.381. The van der Waals surface area contributed by atoms with Crippen molar-refractivity contribution < 1.29 is 17.9 Å². The van der Waals surface area contributed by atoms with Crippen LogP contribution in [0.4, 0.5) is 5.69 Å². The first-order valence-electron chi connectivity index (χ1n) is 9.61. The van der Waals surface area contributed by atoms with Crippen molar-refractivity contribution in [3.05, 3.63) is 58.1 Å². The van der Waals surface area contributed by atoms with Gasteiger partial charge in [0, 0.05) is 41.1 Å². The zero-order valence-electron chi connectivity index (χ0n) is 17.4. The number of sulfonamides is 1. The molecular formula is C21H26Cl2N2O4S2. The lowest BCUT2D eigenvalue weighted by molar-refractivity contribution is -0.121. The first-order chi connectivity index (χ1) is 14.7. The van der Waals surface area contributed by atoms with Gasteiger partial charge in [-0.3, -0.25) is 9.10 Å². The molecule has 0 fully saturated rings. The number of ether oxygens (including phenoxy) is 1. The lowest BCUT2D eigenvalue weighted by Gasteiger charge is -2.22. The van der Waals surface area contributed by atoms with Gasteiger partial charge in [-0.2, -0.15) is 11.8 Å². The standard InChI is InChI=1S/C21H26Cl2N2O4S2/c1-29-17-10-8-16(9-11-17)25(31(2,27)28)13-4-7-21(26)24-12-14-30-15-18-19(22)5-3-6-20(18)23/h3,5-6,8-11H,4,7,12-15H2,1-2H3,(H,24,26). The summed E-state index contributed by atoms with van der Waals surface area (Å²) in [6.45, 7) is 0.734. The molecule has 6 nitrogen and oxygen atoms in total. The van der Waals surface area contributed by atoms with Gasteiger partial charge in [0.15, 0.2) is 0 Å². The van der Waals surface area contributed by atoms with Crippen LogP contribution in [0, 0.1) is 0 Å². The van der Waals surface area contributed by atoms with Gasteiger partial charge in [-0.05, 0) is 48.4 Å². The van der Waals surface area contributed by atoms with Crippen molar-refractivity contribution in [2.45, 2.75) is 18.6 Å². The molecule has 0 aliphatic rings. The SMILES string of the molecule is COc1ccc(N(CCCC(=O)NCCSCc2c(Cl)cccc2Cl)S(C)(=O)=O)cc1. The lowest BCUT2D eigenvalue weighted by Crippen LogP contribution is -2.32. The maximum absolute atomic E-state index is 12.1. The molecule has 0 atom stereocenters. The van der Waals surface area contributed by atoms with Gasteiger partial charge in [-0.1, -0.05) is 29.3 Å². The average molecular weight is 505 g/mol. The first-order valence-corrected chi connectivity index (χ1v) is 13.4. The third-order valence-corrected chi connectivity index (χ3v) is 7.29. The molecule has 0 unspecified atom stereocenters. The van der Waals surface area contributed by atoms with Gasteiger partial charge in [-0.15, -0.1) is 0 Å². The van der Waals surface area contributed by atoms with Gasteiger partial charge >= 0.3 is 0 Å². The minimum Gasteiger partial charge on any atom is -0.497 e. The van der Waals surface area contributed by atoms with E-state index in [0.29, 0.717) is 46.0 Å². The third kappa shape index (κ3) is 8.44. The number of carbonyl (C=O) groups excluding carboxylic acids is 1. The molecular weight excluding hydrogens is 479 g/mol. The van der Waals surface area contributed by atoms with Crippen molar-refractivity contribution in [1.82, 2.24) is 5.32 Å². The summed E-state index contributed by atoms with van der Waals surface area (Å²) in [5.74, 6) is 1.92. The van der Waals surface area contributed by atoms with Crippen molar-refractivity contribution in [3.63, 3.8) is 0 Å². The summed E-state index contributed by atoms with van der Waals surface area (Å²) in [5, 5.41) is 4.13. The molecule has 1 amide bonds. The molecule has 2 rings (SSSR count). The minimum absolute atomic E-state index is 0.112. The molecule has 0 aromatic heterocycles. The molecule has 2 aromatic rings. The molecule has 0 spiro atoms. The molecule has 170 valence electrons. The van der Waals surface area contributed by atoms with Gasteiger partial charge in [0.2, 0.25) is 15.9 Å².